The number of ether oxygens (including phenoxy) is 1. The Morgan fingerprint density at radius 1 is 1.30 bits per heavy atom. The first-order valence-electron chi connectivity index (χ1n) is 7.99. The first-order valence-corrected chi connectivity index (χ1v) is 7.99. The zero-order chi connectivity index (χ0) is 16.5. The number of hydrogen-bond donors (Lipinski definition) is 2. The van der Waals surface area contributed by atoms with Crippen molar-refractivity contribution in [3.05, 3.63) is 54.0 Å². The lowest BCUT2D eigenvalue weighted by Gasteiger charge is -2.16. The van der Waals surface area contributed by atoms with Crippen molar-refractivity contribution >= 4 is 5.91 Å². The van der Waals surface area contributed by atoms with Crippen LogP contribution < -0.4 is 15.8 Å². The lowest BCUT2D eigenvalue weighted by molar-refractivity contribution is 0.0904. The van der Waals surface area contributed by atoms with E-state index in [1.807, 2.05) is 30.3 Å². The standard InChI is InChI=1S/C18H24N2O3/c1-2-3-7-15(12-19)20-18(21)17-14(10-11-22-17)13-23-16-8-5-4-6-9-16/h4-6,8-11,15H,2-3,7,12-13,19H2,1H3,(H,20,21). The SMILES string of the molecule is CCCCC(CN)NC(=O)c1occc1COc1ccccc1. The van der Waals surface area contributed by atoms with Gasteiger partial charge in [0.05, 0.1) is 6.26 Å². The molecule has 0 aliphatic rings. The van der Waals surface area contributed by atoms with Crippen LogP contribution in [-0.2, 0) is 6.61 Å². The van der Waals surface area contributed by atoms with Crippen LogP contribution in [0.25, 0.3) is 0 Å². The van der Waals surface area contributed by atoms with Crippen molar-refractivity contribution in [3.63, 3.8) is 0 Å². The van der Waals surface area contributed by atoms with Gasteiger partial charge in [-0.15, -0.1) is 0 Å². The van der Waals surface area contributed by atoms with Gasteiger partial charge in [0.25, 0.3) is 5.91 Å². The Morgan fingerprint density at radius 3 is 2.78 bits per heavy atom. The second-order valence-corrected chi connectivity index (χ2v) is 5.43. The third kappa shape index (κ3) is 5.14. The van der Waals surface area contributed by atoms with Crippen LogP contribution in [0.4, 0.5) is 0 Å². The van der Waals surface area contributed by atoms with E-state index in [1.165, 1.54) is 6.26 Å². The number of hydrogen-bond acceptors (Lipinski definition) is 4. The number of benzene rings is 1. The summed E-state index contributed by atoms with van der Waals surface area (Å²) in [6.07, 6.45) is 4.48. The molecule has 2 aromatic rings. The number of furan rings is 1. The van der Waals surface area contributed by atoms with Crippen molar-refractivity contribution < 1.29 is 13.9 Å². The average molecular weight is 316 g/mol. The third-order valence-electron chi connectivity index (χ3n) is 3.62. The number of para-hydroxylation sites is 1. The van der Waals surface area contributed by atoms with E-state index >= 15 is 0 Å². The van der Waals surface area contributed by atoms with Gasteiger partial charge in [0.1, 0.15) is 12.4 Å². The molecule has 0 aliphatic carbocycles. The number of unbranched alkanes of at least 4 members (excludes halogenated alkanes) is 1. The second kappa shape index (κ2) is 9.00. The molecule has 124 valence electrons. The van der Waals surface area contributed by atoms with Crippen molar-refractivity contribution in [1.29, 1.82) is 0 Å². The smallest absolute Gasteiger partial charge is 0.287 e. The van der Waals surface area contributed by atoms with Crippen molar-refractivity contribution in [3.8, 4) is 5.75 Å². The molecule has 3 N–H and O–H groups in total. The van der Waals surface area contributed by atoms with Gasteiger partial charge in [0.15, 0.2) is 5.76 Å². The molecule has 23 heavy (non-hydrogen) atoms. The highest BCUT2D eigenvalue weighted by molar-refractivity contribution is 5.93. The molecule has 1 aromatic carbocycles. The van der Waals surface area contributed by atoms with Crippen molar-refractivity contribution in [2.75, 3.05) is 6.54 Å². The number of amides is 1. The Morgan fingerprint density at radius 2 is 2.09 bits per heavy atom. The molecule has 0 saturated carbocycles. The normalized spacial score (nSPS) is 11.9. The molecular weight excluding hydrogens is 292 g/mol. The van der Waals surface area contributed by atoms with E-state index in [2.05, 4.69) is 12.2 Å². The molecule has 0 fully saturated rings. The van der Waals surface area contributed by atoms with Crippen LogP contribution in [0.5, 0.6) is 5.75 Å². The molecule has 1 unspecified atom stereocenters. The van der Waals surface area contributed by atoms with Gasteiger partial charge in [-0.3, -0.25) is 4.79 Å². The molecule has 1 amide bonds. The Labute approximate surface area is 136 Å². The number of nitrogens with two attached hydrogens (primary N) is 1. The van der Waals surface area contributed by atoms with Gasteiger partial charge in [-0.05, 0) is 24.6 Å². The Kier molecular flexibility index (Phi) is 6.69. The molecule has 0 bridgehead atoms. The van der Waals surface area contributed by atoms with Gasteiger partial charge in [0.2, 0.25) is 0 Å². The number of carbonyl (C=O) groups is 1. The maximum absolute atomic E-state index is 12.4. The van der Waals surface area contributed by atoms with E-state index in [4.69, 9.17) is 14.9 Å². The fraction of sp³-hybridized carbons (Fsp3) is 0.389. The summed E-state index contributed by atoms with van der Waals surface area (Å²) in [5.74, 6) is 0.798. The van der Waals surface area contributed by atoms with Gasteiger partial charge in [-0.1, -0.05) is 38.0 Å². The Balaban J connectivity index is 1.95. The maximum Gasteiger partial charge on any atom is 0.287 e. The second-order valence-electron chi connectivity index (χ2n) is 5.43. The summed E-state index contributed by atoms with van der Waals surface area (Å²) in [6, 6.07) is 11.2. The van der Waals surface area contributed by atoms with Gasteiger partial charge in [0, 0.05) is 18.2 Å². The van der Waals surface area contributed by atoms with E-state index in [0.717, 1.165) is 30.6 Å². The number of nitrogens with one attached hydrogen (secondary N) is 1. The maximum atomic E-state index is 12.4. The van der Waals surface area contributed by atoms with Gasteiger partial charge >= 0.3 is 0 Å². The molecular formula is C18H24N2O3. The van der Waals surface area contributed by atoms with Gasteiger partial charge in [-0.25, -0.2) is 0 Å². The van der Waals surface area contributed by atoms with Gasteiger partial charge in [-0.2, -0.15) is 0 Å². The van der Waals surface area contributed by atoms with Crippen molar-refractivity contribution in [1.82, 2.24) is 5.32 Å². The number of carbonyl (C=O) groups excluding carboxylic acids is 1. The molecule has 1 atom stereocenters. The largest absolute Gasteiger partial charge is 0.489 e. The van der Waals surface area contributed by atoms with Crippen LogP contribution >= 0.6 is 0 Å². The predicted molar refractivity (Wildman–Crippen MR) is 89.3 cm³/mol. The first-order chi connectivity index (χ1) is 11.2. The van der Waals surface area contributed by atoms with Crippen LogP contribution in [0.15, 0.2) is 47.1 Å². The zero-order valence-electron chi connectivity index (χ0n) is 13.5. The summed E-state index contributed by atoms with van der Waals surface area (Å²) < 4.78 is 11.0. The summed E-state index contributed by atoms with van der Waals surface area (Å²) in [5, 5.41) is 2.93. The number of rotatable bonds is 9. The minimum absolute atomic E-state index is 0.0320. The van der Waals surface area contributed by atoms with Gasteiger partial charge < -0.3 is 20.2 Å². The molecule has 2 rings (SSSR count). The van der Waals surface area contributed by atoms with Crippen LogP contribution in [0.1, 0.15) is 42.3 Å². The summed E-state index contributed by atoms with van der Waals surface area (Å²) >= 11 is 0. The highest BCUT2D eigenvalue weighted by Gasteiger charge is 2.18. The van der Waals surface area contributed by atoms with Crippen LogP contribution in [-0.4, -0.2) is 18.5 Å². The third-order valence-corrected chi connectivity index (χ3v) is 3.62. The highest BCUT2D eigenvalue weighted by Crippen LogP contribution is 2.16. The van der Waals surface area contributed by atoms with E-state index in [9.17, 15) is 4.79 Å². The lowest BCUT2D eigenvalue weighted by atomic mass is 10.1. The van der Waals surface area contributed by atoms with E-state index in [-0.39, 0.29) is 24.3 Å². The molecule has 0 radical (unpaired) electrons. The topological polar surface area (TPSA) is 77.5 Å². The van der Waals surface area contributed by atoms with Crippen LogP contribution in [0.3, 0.4) is 0 Å². The molecule has 0 aliphatic heterocycles. The minimum atomic E-state index is -0.242. The summed E-state index contributed by atoms with van der Waals surface area (Å²) in [4.78, 5) is 12.4. The summed E-state index contributed by atoms with van der Waals surface area (Å²) in [7, 11) is 0. The van der Waals surface area contributed by atoms with Crippen LogP contribution in [0, 0.1) is 0 Å². The molecule has 5 nitrogen and oxygen atoms in total. The first kappa shape index (κ1) is 17.1. The summed E-state index contributed by atoms with van der Waals surface area (Å²) in [6.45, 7) is 2.81. The molecule has 0 saturated heterocycles. The Bertz CT molecular complexity index is 595. The summed E-state index contributed by atoms with van der Waals surface area (Å²) in [5.41, 5.74) is 6.44. The van der Waals surface area contributed by atoms with E-state index < -0.39 is 0 Å². The molecule has 1 aromatic heterocycles. The van der Waals surface area contributed by atoms with Crippen molar-refractivity contribution in [2.45, 2.75) is 38.8 Å². The van der Waals surface area contributed by atoms with E-state index in [1.54, 1.807) is 6.07 Å². The minimum Gasteiger partial charge on any atom is -0.489 e. The quantitative estimate of drug-likeness (QED) is 0.745. The van der Waals surface area contributed by atoms with Crippen LogP contribution in [0.2, 0.25) is 0 Å². The zero-order valence-corrected chi connectivity index (χ0v) is 13.5. The predicted octanol–water partition coefficient (Wildman–Crippen LogP) is 3.11. The Hall–Kier alpha value is -2.27. The monoisotopic (exact) mass is 316 g/mol. The average Bonchev–Trinajstić information content (AvgIpc) is 3.06. The fourth-order valence-corrected chi connectivity index (χ4v) is 2.28. The molecule has 5 heteroatoms. The molecule has 0 spiro atoms. The molecule has 1 heterocycles. The lowest BCUT2D eigenvalue weighted by Crippen LogP contribution is -2.40. The van der Waals surface area contributed by atoms with Crippen molar-refractivity contribution in [2.24, 2.45) is 5.73 Å². The van der Waals surface area contributed by atoms with E-state index in [0.29, 0.717) is 6.54 Å². The highest BCUT2D eigenvalue weighted by atomic mass is 16.5. The fourth-order valence-electron chi connectivity index (χ4n) is 2.28.